The van der Waals surface area contributed by atoms with Crippen LogP contribution in [0.2, 0.25) is 0 Å². The number of anilines is 1. The number of amides is 1. The summed E-state index contributed by atoms with van der Waals surface area (Å²) in [6.07, 6.45) is 0.406. The topological polar surface area (TPSA) is 55.4 Å². The van der Waals surface area contributed by atoms with E-state index in [9.17, 15) is 9.59 Å². The van der Waals surface area contributed by atoms with Crippen LogP contribution in [0.5, 0.6) is 0 Å². The van der Waals surface area contributed by atoms with Crippen molar-refractivity contribution in [2.75, 3.05) is 12.4 Å². The molecular weight excluding hydrogens is 250 g/mol. The van der Waals surface area contributed by atoms with E-state index in [4.69, 9.17) is 4.74 Å². The minimum absolute atomic E-state index is 0.0839. The Balaban J connectivity index is 2.87. The van der Waals surface area contributed by atoms with Crippen molar-refractivity contribution >= 4 is 28.9 Å². The van der Waals surface area contributed by atoms with Crippen LogP contribution in [0.3, 0.4) is 0 Å². The third kappa shape index (κ3) is 3.84. The summed E-state index contributed by atoms with van der Waals surface area (Å²) in [6.45, 7) is 7.84. The minimum Gasteiger partial charge on any atom is -0.465 e. The summed E-state index contributed by atoms with van der Waals surface area (Å²) in [4.78, 5) is 23.9. The number of carbonyl (C=O) groups excluding carboxylic acids is 2. The predicted octanol–water partition coefficient (Wildman–Crippen LogP) is 3.22. The fourth-order valence-electron chi connectivity index (χ4n) is 1.51. The molecule has 1 amide bonds. The molecule has 0 aliphatic carbocycles. The summed E-state index contributed by atoms with van der Waals surface area (Å²) in [5, 5.41) is 4.63. The van der Waals surface area contributed by atoms with E-state index in [1.807, 2.05) is 33.1 Å². The molecule has 0 atom stereocenters. The molecule has 0 radical (unpaired) electrons. The van der Waals surface area contributed by atoms with E-state index in [1.165, 1.54) is 18.4 Å². The molecule has 18 heavy (non-hydrogen) atoms. The lowest BCUT2D eigenvalue weighted by atomic mass is 9.92. The lowest BCUT2D eigenvalue weighted by Gasteiger charge is -2.17. The lowest BCUT2D eigenvalue weighted by Crippen LogP contribution is -2.20. The number of methoxy groups -OCH3 is 1. The number of hydrogen-bond acceptors (Lipinski definition) is 4. The number of rotatable bonds is 3. The summed E-state index contributed by atoms with van der Waals surface area (Å²) < 4.78 is 4.69. The number of hydrogen-bond donors (Lipinski definition) is 1. The fourth-order valence-corrected chi connectivity index (χ4v) is 2.43. The number of carbonyl (C=O) groups is 2. The summed E-state index contributed by atoms with van der Waals surface area (Å²) in [6, 6.07) is 0. The molecular formula is C13H19NO3S. The highest BCUT2D eigenvalue weighted by Crippen LogP contribution is 2.29. The van der Waals surface area contributed by atoms with Gasteiger partial charge in [0.15, 0.2) is 0 Å². The number of aryl methyl sites for hydroxylation is 1. The maximum Gasteiger partial charge on any atom is 0.350 e. The molecule has 4 nitrogen and oxygen atoms in total. The molecule has 0 aromatic carbocycles. The molecule has 0 saturated carbocycles. The molecule has 0 saturated heterocycles. The van der Waals surface area contributed by atoms with E-state index in [-0.39, 0.29) is 11.3 Å². The molecule has 100 valence electrons. The Kier molecular flexibility index (Phi) is 4.51. The summed E-state index contributed by atoms with van der Waals surface area (Å²) in [5.74, 6) is -0.506. The van der Waals surface area contributed by atoms with Crippen LogP contribution in [0.25, 0.3) is 0 Å². The van der Waals surface area contributed by atoms with Crippen molar-refractivity contribution < 1.29 is 14.3 Å². The molecule has 5 heteroatoms. The third-order valence-corrected chi connectivity index (χ3v) is 3.38. The SMILES string of the molecule is COC(=O)c1scc(C)c1NC(=O)CC(C)(C)C. The molecule has 0 bridgehead atoms. The summed E-state index contributed by atoms with van der Waals surface area (Å²) >= 11 is 1.28. The summed E-state index contributed by atoms with van der Waals surface area (Å²) in [5.41, 5.74) is 1.36. The molecule has 1 heterocycles. The molecule has 1 aromatic heterocycles. The number of ether oxygens (including phenoxy) is 1. The van der Waals surface area contributed by atoms with Crippen molar-refractivity contribution in [2.45, 2.75) is 34.1 Å². The predicted molar refractivity (Wildman–Crippen MR) is 73.1 cm³/mol. The van der Waals surface area contributed by atoms with Gasteiger partial charge in [-0.25, -0.2) is 4.79 Å². The quantitative estimate of drug-likeness (QED) is 0.857. The zero-order valence-corrected chi connectivity index (χ0v) is 12.2. The Morgan fingerprint density at radius 1 is 1.39 bits per heavy atom. The maximum atomic E-state index is 11.9. The largest absolute Gasteiger partial charge is 0.465 e. The number of esters is 1. The Bertz CT molecular complexity index is 457. The standard InChI is InChI=1S/C13H19NO3S/c1-8-7-18-11(12(16)17-5)10(8)14-9(15)6-13(2,3)4/h7H,6H2,1-5H3,(H,14,15). The van der Waals surface area contributed by atoms with Crippen LogP contribution in [0.4, 0.5) is 5.69 Å². The number of nitrogens with one attached hydrogen (secondary N) is 1. The smallest absolute Gasteiger partial charge is 0.350 e. The Hall–Kier alpha value is -1.36. The van der Waals surface area contributed by atoms with Crippen molar-refractivity contribution in [3.05, 3.63) is 15.8 Å². The molecule has 1 N–H and O–H groups in total. The van der Waals surface area contributed by atoms with Gasteiger partial charge in [-0.15, -0.1) is 11.3 Å². The Morgan fingerprint density at radius 2 is 2.00 bits per heavy atom. The van der Waals surface area contributed by atoms with Gasteiger partial charge < -0.3 is 10.1 Å². The van der Waals surface area contributed by atoms with Crippen LogP contribution in [-0.2, 0) is 9.53 Å². The zero-order valence-electron chi connectivity index (χ0n) is 11.4. The van der Waals surface area contributed by atoms with Gasteiger partial charge in [0.05, 0.1) is 12.8 Å². The van der Waals surface area contributed by atoms with Crippen molar-refractivity contribution in [1.82, 2.24) is 0 Å². The van der Waals surface area contributed by atoms with Crippen LogP contribution in [0.15, 0.2) is 5.38 Å². The molecule has 0 fully saturated rings. The first-order chi connectivity index (χ1) is 8.24. The molecule has 0 spiro atoms. The van der Waals surface area contributed by atoms with E-state index in [0.717, 1.165) is 5.56 Å². The fraction of sp³-hybridized carbons (Fsp3) is 0.538. The Morgan fingerprint density at radius 3 is 2.50 bits per heavy atom. The number of thiophene rings is 1. The van der Waals surface area contributed by atoms with Gasteiger partial charge >= 0.3 is 5.97 Å². The normalized spacial score (nSPS) is 11.2. The average molecular weight is 269 g/mol. The van der Waals surface area contributed by atoms with Gasteiger partial charge in [-0.1, -0.05) is 20.8 Å². The zero-order chi connectivity index (χ0) is 13.9. The van der Waals surface area contributed by atoms with Gasteiger partial charge in [-0.05, 0) is 23.3 Å². The molecule has 0 aliphatic rings. The first kappa shape index (κ1) is 14.7. The van der Waals surface area contributed by atoms with E-state index in [2.05, 4.69) is 5.32 Å². The first-order valence-corrected chi connectivity index (χ1v) is 6.59. The van der Waals surface area contributed by atoms with Gasteiger partial charge in [0.1, 0.15) is 4.88 Å². The minimum atomic E-state index is -0.417. The van der Waals surface area contributed by atoms with Crippen molar-refractivity contribution in [3.8, 4) is 0 Å². The second kappa shape index (κ2) is 5.52. The Labute approximate surface area is 111 Å². The van der Waals surface area contributed by atoms with Crippen molar-refractivity contribution in [3.63, 3.8) is 0 Å². The third-order valence-electron chi connectivity index (χ3n) is 2.30. The van der Waals surface area contributed by atoms with E-state index in [0.29, 0.717) is 17.0 Å². The monoisotopic (exact) mass is 269 g/mol. The highest BCUT2D eigenvalue weighted by atomic mass is 32.1. The molecule has 0 aliphatic heterocycles. The van der Waals surface area contributed by atoms with E-state index < -0.39 is 5.97 Å². The van der Waals surface area contributed by atoms with E-state index >= 15 is 0 Å². The second-order valence-corrected chi connectivity index (χ2v) is 6.28. The van der Waals surface area contributed by atoms with Crippen LogP contribution < -0.4 is 5.32 Å². The lowest BCUT2D eigenvalue weighted by molar-refractivity contribution is -0.117. The molecule has 0 unspecified atom stereocenters. The highest BCUT2D eigenvalue weighted by molar-refractivity contribution is 7.12. The van der Waals surface area contributed by atoms with Crippen molar-refractivity contribution in [1.29, 1.82) is 0 Å². The van der Waals surface area contributed by atoms with Gasteiger partial charge in [-0.2, -0.15) is 0 Å². The highest BCUT2D eigenvalue weighted by Gasteiger charge is 2.21. The van der Waals surface area contributed by atoms with E-state index in [1.54, 1.807) is 0 Å². The molecule has 1 rings (SSSR count). The summed E-state index contributed by atoms with van der Waals surface area (Å²) in [7, 11) is 1.33. The maximum absolute atomic E-state index is 11.9. The van der Waals surface area contributed by atoms with Gasteiger partial charge in [0, 0.05) is 6.42 Å². The van der Waals surface area contributed by atoms with Gasteiger partial charge in [0.25, 0.3) is 0 Å². The van der Waals surface area contributed by atoms with Gasteiger partial charge in [-0.3, -0.25) is 4.79 Å². The average Bonchev–Trinajstić information content (AvgIpc) is 2.57. The van der Waals surface area contributed by atoms with Crippen LogP contribution in [0, 0.1) is 12.3 Å². The van der Waals surface area contributed by atoms with Crippen LogP contribution in [-0.4, -0.2) is 19.0 Å². The van der Waals surface area contributed by atoms with Crippen molar-refractivity contribution in [2.24, 2.45) is 5.41 Å². The van der Waals surface area contributed by atoms with Crippen LogP contribution in [0.1, 0.15) is 42.4 Å². The first-order valence-electron chi connectivity index (χ1n) is 5.71. The van der Waals surface area contributed by atoms with Crippen LogP contribution >= 0.6 is 11.3 Å². The van der Waals surface area contributed by atoms with Gasteiger partial charge in [0.2, 0.25) is 5.91 Å². The molecule has 1 aromatic rings. The second-order valence-electron chi connectivity index (χ2n) is 5.40.